The zero-order chi connectivity index (χ0) is 15.5. The molecule has 0 saturated heterocycles. The first-order valence-electron chi connectivity index (χ1n) is 6.86. The van der Waals surface area contributed by atoms with Crippen LogP contribution in [0.25, 0.3) is 10.8 Å². The molecule has 0 amide bonds. The fraction of sp³-hybridized carbons (Fsp3) is 0.438. The Morgan fingerprint density at radius 3 is 2.48 bits per heavy atom. The van der Waals surface area contributed by atoms with Gasteiger partial charge in [-0.1, -0.05) is 13.8 Å². The van der Waals surface area contributed by atoms with Gasteiger partial charge in [0.05, 0.1) is 14.2 Å². The summed E-state index contributed by atoms with van der Waals surface area (Å²) in [4.78, 5) is 4.39. The molecule has 1 aromatic heterocycles. The van der Waals surface area contributed by atoms with E-state index in [0.29, 0.717) is 18.0 Å². The maximum absolute atomic E-state index is 9.34. The van der Waals surface area contributed by atoms with Crippen LogP contribution in [0.5, 0.6) is 11.5 Å². The van der Waals surface area contributed by atoms with Gasteiger partial charge in [0.15, 0.2) is 11.5 Å². The monoisotopic (exact) mass is 290 g/mol. The van der Waals surface area contributed by atoms with Gasteiger partial charge >= 0.3 is 0 Å². The number of ether oxygens (including phenoxy) is 2. The Morgan fingerprint density at radius 1 is 1.19 bits per heavy atom. The van der Waals surface area contributed by atoms with Gasteiger partial charge in [-0.3, -0.25) is 0 Å². The van der Waals surface area contributed by atoms with Crippen LogP contribution < -0.4 is 14.8 Å². The third-order valence-electron chi connectivity index (χ3n) is 3.43. The first kappa shape index (κ1) is 15.4. The van der Waals surface area contributed by atoms with Crippen molar-refractivity contribution in [2.24, 2.45) is 5.41 Å². The molecule has 5 nitrogen and oxygen atoms in total. The SMILES string of the molecule is COc1cc2ccnc(NCC(C)(C)CO)c2cc1OC. The molecule has 0 saturated carbocycles. The normalized spacial score (nSPS) is 11.5. The van der Waals surface area contributed by atoms with E-state index in [-0.39, 0.29) is 12.0 Å². The molecule has 0 bridgehead atoms. The fourth-order valence-corrected chi connectivity index (χ4v) is 2.02. The van der Waals surface area contributed by atoms with Crippen LogP contribution in [-0.2, 0) is 0 Å². The number of nitrogens with zero attached hydrogens (tertiary/aromatic N) is 1. The first-order valence-corrected chi connectivity index (χ1v) is 6.86. The van der Waals surface area contributed by atoms with E-state index in [4.69, 9.17) is 9.47 Å². The number of hydrogen-bond acceptors (Lipinski definition) is 5. The summed E-state index contributed by atoms with van der Waals surface area (Å²) in [6.45, 7) is 4.73. The lowest BCUT2D eigenvalue weighted by atomic mass is 9.95. The van der Waals surface area contributed by atoms with Crippen LogP contribution in [0, 0.1) is 5.41 Å². The molecular formula is C16H22N2O3. The Bertz CT molecular complexity index is 626. The molecule has 21 heavy (non-hydrogen) atoms. The molecule has 114 valence electrons. The highest BCUT2D eigenvalue weighted by Gasteiger charge is 2.17. The number of pyridine rings is 1. The van der Waals surface area contributed by atoms with Crippen molar-refractivity contribution < 1.29 is 14.6 Å². The number of aliphatic hydroxyl groups excluding tert-OH is 1. The van der Waals surface area contributed by atoms with Gasteiger partial charge < -0.3 is 19.9 Å². The summed E-state index contributed by atoms with van der Waals surface area (Å²) >= 11 is 0. The molecule has 0 aliphatic carbocycles. The van der Waals surface area contributed by atoms with Gasteiger partial charge in [0.1, 0.15) is 5.82 Å². The van der Waals surface area contributed by atoms with E-state index in [2.05, 4.69) is 10.3 Å². The summed E-state index contributed by atoms with van der Waals surface area (Å²) in [5.74, 6) is 2.13. The molecule has 0 spiro atoms. The molecule has 2 rings (SSSR count). The quantitative estimate of drug-likeness (QED) is 0.856. The van der Waals surface area contributed by atoms with E-state index in [0.717, 1.165) is 16.6 Å². The number of benzene rings is 1. The standard InChI is InChI=1S/C16H22N2O3/c1-16(2,10-19)9-18-15-12-8-14(21-4)13(20-3)7-11(12)5-6-17-15/h5-8,19H,9-10H2,1-4H3,(H,17,18). The molecule has 0 radical (unpaired) electrons. The van der Waals surface area contributed by atoms with Crippen molar-refractivity contribution in [1.29, 1.82) is 0 Å². The molecule has 0 aliphatic rings. The molecule has 5 heteroatoms. The molecule has 0 atom stereocenters. The third-order valence-corrected chi connectivity index (χ3v) is 3.43. The molecule has 1 heterocycles. The summed E-state index contributed by atoms with van der Waals surface area (Å²) in [5.41, 5.74) is -0.208. The van der Waals surface area contributed by atoms with Crippen LogP contribution in [0.4, 0.5) is 5.82 Å². The molecule has 1 aromatic carbocycles. The average Bonchev–Trinajstić information content (AvgIpc) is 2.51. The Kier molecular flexibility index (Phi) is 4.53. The predicted molar refractivity (Wildman–Crippen MR) is 84.2 cm³/mol. The smallest absolute Gasteiger partial charge is 0.161 e. The number of nitrogens with one attached hydrogen (secondary N) is 1. The number of aromatic nitrogens is 1. The molecule has 0 fully saturated rings. The molecule has 0 aliphatic heterocycles. The highest BCUT2D eigenvalue weighted by Crippen LogP contribution is 2.34. The van der Waals surface area contributed by atoms with Crippen LogP contribution >= 0.6 is 0 Å². The second kappa shape index (κ2) is 6.18. The van der Waals surface area contributed by atoms with E-state index in [1.807, 2.05) is 32.0 Å². The molecule has 2 N–H and O–H groups in total. The Morgan fingerprint density at radius 2 is 1.86 bits per heavy atom. The van der Waals surface area contributed by atoms with Crippen molar-refractivity contribution in [2.75, 3.05) is 32.7 Å². The van der Waals surface area contributed by atoms with Crippen LogP contribution in [0.3, 0.4) is 0 Å². The van der Waals surface area contributed by atoms with Gasteiger partial charge in [-0.15, -0.1) is 0 Å². The maximum atomic E-state index is 9.34. The van der Waals surface area contributed by atoms with Gasteiger partial charge in [0, 0.05) is 30.1 Å². The number of rotatable bonds is 6. The second-order valence-corrected chi connectivity index (χ2v) is 5.76. The Labute approximate surface area is 124 Å². The highest BCUT2D eigenvalue weighted by molar-refractivity contribution is 5.94. The van der Waals surface area contributed by atoms with E-state index in [1.165, 1.54) is 0 Å². The number of methoxy groups -OCH3 is 2. The largest absolute Gasteiger partial charge is 0.493 e. The van der Waals surface area contributed by atoms with Gasteiger partial charge in [-0.2, -0.15) is 0 Å². The lowest BCUT2D eigenvalue weighted by molar-refractivity contribution is 0.171. The Hall–Kier alpha value is -2.01. The minimum absolute atomic E-state index is 0.113. The number of anilines is 1. The lowest BCUT2D eigenvalue weighted by Crippen LogP contribution is -2.27. The van der Waals surface area contributed by atoms with Gasteiger partial charge in [0.25, 0.3) is 0 Å². The van der Waals surface area contributed by atoms with Crippen LogP contribution in [0.1, 0.15) is 13.8 Å². The van der Waals surface area contributed by atoms with E-state index >= 15 is 0 Å². The van der Waals surface area contributed by atoms with Crippen LogP contribution in [-0.4, -0.2) is 37.5 Å². The zero-order valence-corrected chi connectivity index (χ0v) is 12.9. The predicted octanol–water partition coefficient (Wildman–Crippen LogP) is 2.68. The van der Waals surface area contributed by atoms with Crippen molar-refractivity contribution in [3.05, 3.63) is 24.4 Å². The first-order chi connectivity index (χ1) is 10.0. The maximum Gasteiger partial charge on any atom is 0.161 e. The van der Waals surface area contributed by atoms with Gasteiger partial charge in [-0.05, 0) is 23.6 Å². The second-order valence-electron chi connectivity index (χ2n) is 5.76. The summed E-state index contributed by atoms with van der Waals surface area (Å²) in [5, 5.41) is 14.6. The minimum Gasteiger partial charge on any atom is -0.493 e. The number of fused-ring (bicyclic) bond motifs is 1. The van der Waals surface area contributed by atoms with E-state index in [1.54, 1.807) is 20.4 Å². The van der Waals surface area contributed by atoms with Crippen molar-refractivity contribution in [1.82, 2.24) is 4.98 Å². The summed E-state index contributed by atoms with van der Waals surface area (Å²) in [6.07, 6.45) is 1.75. The molecular weight excluding hydrogens is 268 g/mol. The highest BCUT2D eigenvalue weighted by atomic mass is 16.5. The van der Waals surface area contributed by atoms with Crippen molar-refractivity contribution >= 4 is 16.6 Å². The molecule has 2 aromatic rings. The van der Waals surface area contributed by atoms with E-state index in [9.17, 15) is 5.11 Å². The van der Waals surface area contributed by atoms with Crippen LogP contribution in [0.15, 0.2) is 24.4 Å². The van der Waals surface area contributed by atoms with E-state index < -0.39 is 0 Å². The Balaban J connectivity index is 2.40. The fourth-order valence-electron chi connectivity index (χ4n) is 2.02. The van der Waals surface area contributed by atoms with Gasteiger partial charge in [0.2, 0.25) is 0 Å². The number of aliphatic hydroxyl groups is 1. The summed E-state index contributed by atoms with van der Waals surface area (Å²) in [6, 6.07) is 5.77. The molecule has 0 unspecified atom stereocenters. The van der Waals surface area contributed by atoms with Crippen molar-refractivity contribution in [2.45, 2.75) is 13.8 Å². The van der Waals surface area contributed by atoms with Crippen LogP contribution in [0.2, 0.25) is 0 Å². The number of hydrogen-bond donors (Lipinski definition) is 2. The van der Waals surface area contributed by atoms with Crippen molar-refractivity contribution in [3.63, 3.8) is 0 Å². The topological polar surface area (TPSA) is 63.6 Å². The minimum atomic E-state index is -0.208. The summed E-state index contributed by atoms with van der Waals surface area (Å²) in [7, 11) is 3.23. The zero-order valence-electron chi connectivity index (χ0n) is 12.9. The lowest BCUT2D eigenvalue weighted by Gasteiger charge is -2.22. The van der Waals surface area contributed by atoms with Gasteiger partial charge in [-0.25, -0.2) is 4.98 Å². The summed E-state index contributed by atoms with van der Waals surface area (Å²) < 4.78 is 10.7. The van der Waals surface area contributed by atoms with Crippen molar-refractivity contribution in [3.8, 4) is 11.5 Å². The third kappa shape index (κ3) is 3.36. The average molecular weight is 290 g/mol.